The van der Waals surface area contributed by atoms with Crippen LogP contribution in [0.15, 0.2) is 83.8 Å². The number of imide groups is 1. The van der Waals surface area contributed by atoms with Gasteiger partial charge in [0.2, 0.25) is 5.91 Å². The highest BCUT2D eigenvalue weighted by atomic mass is 35.5. The Kier molecular flexibility index (Phi) is 9.52. The first-order valence-corrected chi connectivity index (χ1v) is 14.8. The lowest BCUT2D eigenvalue weighted by Gasteiger charge is -2.14. The van der Waals surface area contributed by atoms with Gasteiger partial charge in [0.15, 0.2) is 11.5 Å². The van der Waals surface area contributed by atoms with E-state index in [0.717, 1.165) is 33.0 Å². The van der Waals surface area contributed by atoms with Crippen LogP contribution in [-0.2, 0) is 20.9 Å². The topological polar surface area (TPSA) is 111 Å². The zero-order valence-corrected chi connectivity index (χ0v) is 25.4. The van der Waals surface area contributed by atoms with E-state index in [1.807, 2.05) is 31.2 Å². The number of hydrogen-bond acceptors (Lipinski definition) is 8. The molecular weight excluding hydrogens is 604 g/mol. The number of ether oxygens (including phenoxy) is 3. The van der Waals surface area contributed by atoms with Crippen LogP contribution >= 0.6 is 23.4 Å². The van der Waals surface area contributed by atoms with E-state index in [9.17, 15) is 19.2 Å². The predicted molar refractivity (Wildman–Crippen MR) is 170 cm³/mol. The summed E-state index contributed by atoms with van der Waals surface area (Å²) >= 11 is 6.76. The second kappa shape index (κ2) is 13.7. The molecule has 0 bridgehead atoms. The Bertz CT molecular complexity index is 1800. The minimum atomic E-state index is -0.668. The highest BCUT2D eigenvalue weighted by molar-refractivity contribution is 8.18. The summed E-state index contributed by atoms with van der Waals surface area (Å²) in [6.07, 6.45) is 1.57. The molecule has 3 amide bonds. The molecule has 44 heavy (non-hydrogen) atoms. The van der Waals surface area contributed by atoms with E-state index in [4.69, 9.17) is 21.1 Å². The molecule has 4 aromatic carbocycles. The third-order valence-corrected chi connectivity index (χ3v) is 7.90. The average molecular weight is 631 g/mol. The fourth-order valence-electron chi connectivity index (χ4n) is 4.58. The normalized spacial score (nSPS) is 13.8. The predicted octanol–water partition coefficient (Wildman–Crippen LogP) is 6.93. The summed E-state index contributed by atoms with van der Waals surface area (Å²) in [5, 5.41) is 4.37. The molecule has 1 N–H and O–H groups in total. The van der Waals surface area contributed by atoms with Crippen molar-refractivity contribution in [3.63, 3.8) is 0 Å². The quantitative estimate of drug-likeness (QED) is 0.148. The molecule has 0 radical (unpaired) electrons. The molecular formula is C33H27ClN2O7S. The third-order valence-electron chi connectivity index (χ3n) is 6.66. The molecule has 9 nitrogen and oxygen atoms in total. The standard InChI is InChI=1S/C33H27ClN2O7S/c1-3-42-28-15-20(11-14-27(28)43-19-22-9-6-8-21-7-4-5-10-24(21)22)16-29-31(38)36(33(40)44-29)18-30(37)35-23-12-13-26(34)25(17-23)32(39)41-2/h4-17H,3,18-19H2,1-2H3,(H,35,37)/b29-16+. The number of fused-ring (bicyclic) bond motifs is 1. The molecule has 1 aliphatic heterocycles. The minimum absolute atomic E-state index is 0.0671. The summed E-state index contributed by atoms with van der Waals surface area (Å²) in [4.78, 5) is 51.3. The van der Waals surface area contributed by atoms with E-state index in [0.29, 0.717) is 30.3 Å². The first-order valence-electron chi connectivity index (χ1n) is 13.6. The Morgan fingerprint density at radius 1 is 0.955 bits per heavy atom. The number of carbonyl (C=O) groups is 4. The van der Waals surface area contributed by atoms with Gasteiger partial charge in [0.25, 0.3) is 11.1 Å². The summed E-state index contributed by atoms with van der Waals surface area (Å²) in [7, 11) is 1.21. The Morgan fingerprint density at radius 3 is 2.55 bits per heavy atom. The lowest BCUT2D eigenvalue weighted by Crippen LogP contribution is -2.36. The molecule has 1 aliphatic rings. The summed E-state index contributed by atoms with van der Waals surface area (Å²) in [5.74, 6) is -0.860. The summed E-state index contributed by atoms with van der Waals surface area (Å²) in [5.41, 5.74) is 1.98. The van der Waals surface area contributed by atoms with Gasteiger partial charge >= 0.3 is 5.97 Å². The van der Waals surface area contributed by atoms with Gasteiger partial charge < -0.3 is 19.5 Å². The minimum Gasteiger partial charge on any atom is -0.490 e. The van der Waals surface area contributed by atoms with Crippen molar-refractivity contribution in [1.82, 2.24) is 4.90 Å². The number of thioether (sulfide) groups is 1. The summed E-state index contributed by atoms with van der Waals surface area (Å²) in [6, 6.07) is 23.7. The van der Waals surface area contributed by atoms with Crippen molar-refractivity contribution >= 4 is 68.9 Å². The van der Waals surface area contributed by atoms with Crippen molar-refractivity contribution in [2.75, 3.05) is 25.6 Å². The second-order valence-electron chi connectivity index (χ2n) is 9.57. The molecule has 1 fully saturated rings. The van der Waals surface area contributed by atoms with Gasteiger partial charge in [-0.15, -0.1) is 0 Å². The molecule has 0 spiro atoms. The highest BCUT2D eigenvalue weighted by Crippen LogP contribution is 2.35. The Morgan fingerprint density at radius 2 is 1.75 bits per heavy atom. The van der Waals surface area contributed by atoms with Gasteiger partial charge in [0, 0.05) is 5.69 Å². The van der Waals surface area contributed by atoms with Gasteiger partial charge in [-0.1, -0.05) is 60.1 Å². The zero-order chi connectivity index (χ0) is 31.2. The van der Waals surface area contributed by atoms with Crippen LogP contribution < -0.4 is 14.8 Å². The molecule has 1 saturated heterocycles. The van der Waals surface area contributed by atoms with Crippen LogP contribution in [0, 0.1) is 0 Å². The summed E-state index contributed by atoms with van der Waals surface area (Å²) in [6.45, 7) is 2.08. The zero-order valence-electron chi connectivity index (χ0n) is 23.8. The van der Waals surface area contributed by atoms with Gasteiger partial charge in [0.1, 0.15) is 13.2 Å². The number of esters is 1. The smallest absolute Gasteiger partial charge is 0.339 e. The van der Waals surface area contributed by atoms with Gasteiger partial charge in [0.05, 0.1) is 29.2 Å². The molecule has 5 rings (SSSR count). The largest absolute Gasteiger partial charge is 0.490 e. The van der Waals surface area contributed by atoms with Crippen molar-refractivity contribution in [1.29, 1.82) is 0 Å². The number of halogens is 1. The lowest BCUT2D eigenvalue weighted by atomic mass is 10.1. The molecule has 0 atom stereocenters. The maximum atomic E-state index is 13.1. The number of nitrogens with zero attached hydrogens (tertiary/aromatic N) is 1. The first kappa shape index (κ1) is 30.7. The number of benzene rings is 4. The Labute approximate surface area is 262 Å². The van der Waals surface area contributed by atoms with Crippen LogP contribution in [0.2, 0.25) is 5.02 Å². The first-order chi connectivity index (χ1) is 21.3. The summed E-state index contributed by atoms with van der Waals surface area (Å²) < 4.78 is 16.6. The van der Waals surface area contributed by atoms with Crippen molar-refractivity contribution < 1.29 is 33.4 Å². The van der Waals surface area contributed by atoms with E-state index in [1.54, 1.807) is 24.3 Å². The monoisotopic (exact) mass is 630 g/mol. The molecule has 4 aromatic rings. The average Bonchev–Trinajstić information content (AvgIpc) is 3.28. The number of hydrogen-bond donors (Lipinski definition) is 1. The number of anilines is 1. The second-order valence-corrected chi connectivity index (χ2v) is 11.0. The molecule has 1 heterocycles. The third kappa shape index (κ3) is 6.88. The number of nitrogens with one attached hydrogen (secondary N) is 1. The van der Waals surface area contributed by atoms with Gasteiger partial charge in [-0.2, -0.15) is 0 Å². The van der Waals surface area contributed by atoms with Crippen molar-refractivity contribution in [3.05, 3.63) is 105 Å². The van der Waals surface area contributed by atoms with Gasteiger partial charge in [-0.3, -0.25) is 19.3 Å². The van der Waals surface area contributed by atoms with Crippen molar-refractivity contribution in [3.8, 4) is 11.5 Å². The lowest BCUT2D eigenvalue weighted by molar-refractivity contribution is -0.127. The number of amides is 3. The molecule has 0 aliphatic carbocycles. The molecule has 11 heteroatoms. The van der Waals surface area contributed by atoms with E-state index >= 15 is 0 Å². The van der Waals surface area contributed by atoms with Crippen LogP contribution in [0.25, 0.3) is 16.8 Å². The Balaban J connectivity index is 1.27. The Hall–Kier alpha value is -4.80. The van der Waals surface area contributed by atoms with E-state index in [-0.39, 0.29) is 21.2 Å². The van der Waals surface area contributed by atoms with Crippen LogP contribution in [0.4, 0.5) is 10.5 Å². The van der Waals surface area contributed by atoms with E-state index in [1.165, 1.54) is 25.3 Å². The number of rotatable bonds is 10. The van der Waals surface area contributed by atoms with Crippen LogP contribution in [0.1, 0.15) is 28.4 Å². The van der Waals surface area contributed by atoms with Crippen LogP contribution in [-0.4, -0.2) is 48.2 Å². The van der Waals surface area contributed by atoms with Gasteiger partial charge in [-0.25, -0.2) is 4.79 Å². The SMILES string of the molecule is CCOc1cc(/C=C2/SC(=O)N(CC(=O)Nc3ccc(Cl)c(C(=O)OC)c3)C2=O)ccc1OCc1cccc2ccccc12. The number of methoxy groups -OCH3 is 1. The van der Waals surface area contributed by atoms with E-state index < -0.39 is 29.6 Å². The van der Waals surface area contributed by atoms with Crippen LogP contribution in [0.5, 0.6) is 11.5 Å². The molecule has 0 saturated carbocycles. The molecule has 224 valence electrons. The molecule has 0 unspecified atom stereocenters. The van der Waals surface area contributed by atoms with Crippen molar-refractivity contribution in [2.45, 2.75) is 13.5 Å². The number of carbonyl (C=O) groups excluding carboxylic acids is 4. The highest BCUT2D eigenvalue weighted by Gasteiger charge is 2.36. The van der Waals surface area contributed by atoms with Crippen LogP contribution in [0.3, 0.4) is 0 Å². The maximum Gasteiger partial charge on any atom is 0.339 e. The van der Waals surface area contributed by atoms with Gasteiger partial charge in [-0.05, 0) is 77.0 Å². The maximum absolute atomic E-state index is 13.1. The van der Waals surface area contributed by atoms with E-state index in [2.05, 4.69) is 28.3 Å². The fourth-order valence-corrected chi connectivity index (χ4v) is 5.61. The fraction of sp³-hybridized carbons (Fsp3) is 0.152. The van der Waals surface area contributed by atoms with Crippen molar-refractivity contribution in [2.24, 2.45) is 0 Å². The molecule has 0 aromatic heterocycles.